The van der Waals surface area contributed by atoms with Crippen LogP contribution < -0.4 is 4.90 Å². The zero-order valence-corrected chi connectivity index (χ0v) is 17.7. The van der Waals surface area contributed by atoms with E-state index >= 15 is 0 Å². The fourth-order valence-electron chi connectivity index (χ4n) is 3.93. The fourth-order valence-corrected chi connectivity index (χ4v) is 4.80. The molecule has 30 heavy (non-hydrogen) atoms. The van der Waals surface area contributed by atoms with Gasteiger partial charge in [-0.05, 0) is 73.2 Å². The van der Waals surface area contributed by atoms with E-state index < -0.39 is 0 Å². The Morgan fingerprint density at radius 3 is 2.50 bits per heavy atom. The lowest BCUT2D eigenvalue weighted by Gasteiger charge is -2.29. The Kier molecular flexibility index (Phi) is 6.53. The molecular weight excluding hydrogens is 399 g/mol. The van der Waals surface area contributed by atoms with Crippen molar-refractivity contribution in [1.29, 1.82) is 0 Å². The quantitative estimate of drug-likeness (QED) is 0.576. The number of halogens is 1. The Morgan fingerprint density at radius 2 is 1.77 bits per heavy atom. The molecule has 2 fully saturated rings. The van der Waals surface area contributed by atoms with Crippen LogP contribution in [0.25, 0.3) is 6.08 Å². The summed E-state index contributed by atoms with van der Waals surface area (Å²) in [5.41, 5.74) is 2.40. The van der Waals surface area contributed by atoms with Crippen LogP contribution in [0, 0.1) is 5.82 Å². The normalized spacial score (nSPS) is 18.5. The van der Waals surface area contributed by atoms with Gasteiger partial charge in [-0.3, -0.25) is 14.5 Å². The number of anilines is 1. The molecule has 2 amide bonds. The summed E-state index contributed by atoms with van der Waals surface area (Å²) in [5, 5.41) is -0.260. The second-order valence-corrected chi connectivity index (χ2v) is 8.67. The van der Waals surface area contributed by atoms with Crippen molar-refractivity contribution in [2.45, 2.75) is 32.1 Å². The van der Waals surface area contributed by atoms with Crippen LogP contribution in [0.5, 0.6) is 0 Å². The van der Waals surface area contributed by atoms with Crippen LogP contribution >= 0.6 is 11.8 Å². The van der Waals surface area contributed by atoms with Crippen molar-refractivity contribution >= 4 is 34.7 Å². The second kappa shape index (κ2) is 9.47. The molecular formula is C24H25FN2O2S. The molecule has 2 aliphatic rings. The molecule has 0 unspecified atom stereocenters. The first-order valence-electron chi connectivity index (χ1n) is 10.5. The maximum Gasteiger partial charge on any atom is 0.293 e. The van der Waals surface area contributed by atoms with E-state index in [1.54, 1.807) is 12.1 Å². The first-order valence-corrected chi connectivity index (χ1v) is 11.3. The maximum absolute atomic E-state index is 14.6. The molecule has 2 aliphatic heterocycles. The van der Waals surface area contributed by atoms with E-state index in [1.165, 1.54) is 23.0 Å². The topological polar surface area (TPSA) is 40.6 Å². The lowest BCUT2D eigenvalue weighted by molar-refractivity contribution is -0.122. The molecule has 4 rings (SSSR count). The largest absolute Gasteiger partial charge is 0.369 e. The molecule has 2 saturated heterocycles. The highest BCUT2D eigenvalue weighted by atomic mass is 32.2. The second-order valence-electron chi connectivity index (χ2n) is 7.68. The minimum atomic E-state index is -0.293. The van der Waals surface area contributed by atoms with Gasteiger partial charge in [-0.2, -0.15) is 0 Å². The standard InChI is InChI=1S/C24H25FN2O2S/c25-20-16-19(11-12-21(20)26-13-5-2-6-14-26)17-22-23(28)27(24(29)30-22)15-7-10-18-8-3-1-4-9-18/h1,3-4,8-9,11-12,16-17H,2,5-7,10,13-15H2/b22-17+. The molecule has 6 heteroatoms. The highest BCUT2D eigenvalue weighted by molar-refractivity contribution is 8.18. The summed E-state index contributed by atoms with van der Waals surface area (Å²) < 4.78 is 14.6. The van der Waals surface area contributed by atoms with Crippen LogP contribution in [-0.4, -0.2) is 35.7 Å². The van der Waals surface area contributed by atoms with Gasteiger partial charge in [-0.25, -0.2) is 4.39 Å². The molecule has 2 aromatic carbocycles. The van der Waals surface area contributed by atoms with Crippen molar-refractivity contribution in [2.24, 2.45) is 0 Å². The Balaban J connectivity index is 1.40. The number of aryl methyl sites for hydroxylation is 1. The molecule has 2 aromatic rings. The van der Waals surface area contributed by atoms with Crippen LogP contribution in [0.1, 0.15) is 36.8 Å². The summed E-state index contributed by atoms with van der Waals surface area (Å²) in [4.78, 5) is 28.7. The van der Waals surface area contributed by atoms with Gasteiger partial charge in [0.15, 0.2) is 0 Å². The van der Waals surface area contributed by atoms with Crippen molar-refractivity contribution in [3.8, 4) is 0 Å². The molecule has 156 valence electrons. The van der Waals surface area contributed by atoms with Gasteiger partial charge < -0.3 is 4.90 Å². The number of hydrogen-bond acceptors (Lipinski definition) is 4. The maximum atomic E-state index is 14.6. The third kappa shape index (κ3) is 4.75. The Bertz CT molecular complexity index is 955. The minimum absolute atomic E-state index is 0.260. The van der Waals surface area contributed by atoms with Crippen molar-refractivity contribution in [2.75, 3.05) is 24.5 Å². The summed E-state index contributed by atoms with van der Waals surface area (Å²) in [6, 6.07) is 15.0. The molecule has 2 heterocycles. The monoisotopic (exact) mass is 424 g/mol. The Morgan fingerprint density at radius 1 is 1.00 bits per heavy atom. The lowest BCUT2D eigenvalue weighted by Crippen LogP contribution is -2.30. The highest BCUT2D eigenvalue weighted by Crippen LogP contribution is 2.33. The van der Waals surface area contributed by atoms with Gasteiger partial charge >= 0.3 is 0 Å². The first kappa shape index (κ1) is 20.7. The molecule has 0 saturated carbocycles. The number of rotatable bonds is 6. The first-order chi connectivity index (χ1) is 14.6. The van der Waals surface area contributed by atoms with Crippen LogP contribution in [0.3, 0.4) is 0 Å². The van der Waals surface area contributed by atoms with Crippen LogP contribution in [-0.2, 0) is 11.2 Å². The SMILES string of the molecule is O=C1S/C(=C/c2ccc(N3CCCCC3)c(F)c2)C(=O)N1CCCc1ccccc1. The molecule has 0 bridgehead atoms. The Labute approximate surface area is 180 Å². The van der Waals surface area contributed by atoms with E-state index in [4.69, 9.17) is 0 Å². The van der Waals surface area contributed by atoms with E-state index in [1.807, 2.05) is 36.4 Å². The summed E-state index contributed by atoms with van der Waals surface area (Å²) in [6.45, 7) is 2.13. The number of nitrogens with zero attached hydrogens (tertiary/aromatic N) is 2. The highest BCUT2D eigenvalue weighted by Gasteiger charge is 2.34. The number of thioether (sulfide) groups is 1. The Hall–Kier alpha value is -2.60. The molecule has 0 aliphatic carbocycles. The summed E-state index contributed by atoms with van der Waals surface area (Å²) in [6.07, 6.45) is 6.50. The van der Waals surface area contributed by atoms with Crippen molar-refractivity contribution in [3.05, 3.63) is 70.4 Å². The van der Waals surface area contributed by atoms with E-state index in [0.29, 0.717) is 29.1 Å². The predicted molar refractivity (Wildman–Crippen MR) is 120 cm³/mol. The predicted octanol–water partition coefficient (Wildman–Crippen LogP) is 5.49. The number of piperidine rings is 1. The van der Waals surface area contributed by atoms with Crippen molar-refractivity contribution in [1.82, 2.24) is 4.90 Å². The van der Waals surface area contributed by atoms with E-state index in [0.717, 1.165) is 44.1 Å². The van der Waals surface area contributed by atoms with E-state index in [9.17, 15) is 14.0 Å². The third-order valence-electron chi connectivity index (χ3n) is 5.53. The number of benzene rings is 2. The summed E-state index contributed by atoms with van der Waals surface area (Å²) in [5.74, 6) is -0.577. The molecule has 0 atom stereocenters. The molecule has 0 aromatic heterocycles. The van der Waals surface area contributed by atoms with Crippen LogP contribution in [0.15, 0.2) is 53.4 Å². The van der Waals surface area contributed by atoms with Gasteiger partial charge in [0.2, 0.25) is 0 Å². The van der Waals surface area contributed by atoms with Crippen LogP contribution in [0.4, 0.5) is 14.9 Å². The summed E-state index contributed by atoms with van der Waals surface area (Å²) in [7, 11) is 0. The zero-order valence-electron chi connectivity index (χ0n) is 16.9. The van der Waals surface area contributed by atoms with Gasteiger partial charge in [0.25, 0.3) is 11.1 Å². The van der Waals surface area contributed by atoms with Gasteiger partial charge in [-0.1, -0.05) is 36.4 Å². The number of carbonyl (C=O) groups excluding carboxylic acids is 2. The van der Waals surface area contributed by atoms with Gasteiger partial charge in [-0.15, -0.1) is 0 Å². The number of hydrogen-bond donors (Lipinski definition) is 0. The average molecular weight is 425 g/mol. The average Bonchev–Trinajstić information content (AvgIpc) is 3.02. The fraction of sp³-hybridized carbons (Fsp3) is 0.333. The number of imide groups is 1. The summed E-state index contributed by atoms with van der Waals surface area (Å²) >= 11 is 0.927. The van der Waals surface area contributed by atoms with Gasteiger partial charge in [0, 0.05) is 19.6 Å². The molecule has 4 nitrogen and oxygen atoms in total. The zero-order chi connectivity index (χ0) is 20.9. The van der Waals surface area contributed by atoms with Gasteiger partial charge in [0.05, 0.1) is 10.6 Å². The third-order valence-corrected chi connectivity index (χ3v) is 6.44. The number of carbonyl (C=O) groups is 2. The smallest absolute Gasteiger partial charge is 0.293 e. The number of amides is 2. The van der Waals surface area contributed by atoms with Crippen molar-refractivity contribution < 1.29 is 14.0 Å². The minimum Gasteiger partial charge on any atom is -0.369 e. The van der Waals surface area contributed by atoms with Crippen molar-refractivity contribution in [3.63, 3.8) is 0 Å². The van der Waals surface area contributed by atoms with E-state index in [-0.39, 0.29) is 17.0 Å². The molecule has 0 radical (unpaired) electrons. The molecule has 0 N–H and O–H groups in total. The van der Waals surface area contributed by atoms with Gasteiger partial charge in [0.1, 0.15) is 5.82 Å². The lowest BCUT2D eigenvalue weighted by atomic mass is 10.1. The van der Waals surface area contributed by atoms with E-state index in [2.05, 4.69) is 4.90 Å². The molecule has 0 spiro atoms. The van der Waals surface area contributed by atoms with Crippen LogP contribution in [0.2, 0.25) is 0 Å².